The van der Waals surface area contributed by atoms with Gasteiger partial charge in [0.1, 0.15) is 10.8 Å². The second-order valence-electron chi connectivity index (χ2n) is 1.68. The van der Waals surface area contributed by atoms with Gasteiger partial charge in [0.15, 0.2) is 0 Å². The first-order valence-corrected chi connectivity index (χ1v) is 2.82. The zero-order chi connectivity index (χ0) is 6.85. The number of anilines is 1. The fraction of sp³-hybridized carbons (Fsp3) is 0. The molecule has 1 aromatic carbocycles. The molecular weight excluding hydrogens is 138 g/mol. The maximum Gasteiger partial charge on any atom is 0.136 e. The van der Waals surface area contributed by atoms with E-state index in [4.69, 9.17) is 22.4 Å². The number of nitrogens with two attached hydrogens (primary N) is 1. The van der Waals surface area contributed by atoms with Crippen LogP contribution in [-0.4, -0.2) is 5.11 Å². The van der Waals surface area contributed by atoms with E-state index in [0.29, 0.717) is 5.69 Å². The summed E-state index contributed by atoms with van der Waals surface area (Å²) in [6, 6.07) is 4.75. The Bertz CT molecular complexity index is 204. The van der Waals surface area contributed by atoms with Crippen LogP contribution in [0.3, 0.4) is 0 Å². The summed E-state index contributed by atoms with van der Waals surface area (Å²) >= 11 is 5.50. The average Bonchev–Trinajstić information content (AvgIpc) is 1.83. The van der Waals surface area contributed by atoms with Crippen molar-refractivity contribution in [1.82, 2.24) is 0 Å². The van der Waals surface area contributed by atoms with Crippen molar-refractivity contribution >= 4 is 17.3 Å². The number of hydrogen-bond acceptors (Lipinski definition) is 2. The third-order valence-corrected chi connectivity index (χ3v) is 1.42. The van der Waals surface area contributed by atoms with Gasteiger partial charge < -0.3 is 10.8 Å². The molecule has 1 rings (SSSR count). The topological polar surface area (TPSA) is 46.2 Å². The second kappa shape index (κ2) is 2.15. The first-order valence-electron chi connectivity index (χ1n) is 2.45. The highest BCUT2D eigenvalue weighted by Gasteiger charge is 1.98. The van der Waals surface area contributed by atoms with Crippen LogP contribution in [0.25, 0.3) is 0 Å². The number of halogens is 1. The number of phenolic OH excluding ortho intramolecular Hbond substituents is 1. The Hall–Kier alpha value is -0.890. The molecule has 0 radical (unpaired) electrons. The summed E-state index contributed by atoms with van der Waals surface area (Å²) in [5.41, 5.74) is 5.73. The van der Waals surface area contributed by atoms with Crippen LogP contribution in [0.4, 0.5) is 5.69 Å². The van der Waals surface area contributed by atoms with Crippen molar-refractivity contribution in [3.05, 3.63) is 23.2 Å². The Morgan fingerprint density at radius 3 is 2.56 bits per heavy atom. The minimum Gasteiger partial charge on any atom is -0.506 e. The van der Waals surface area contributed by atoms with Crippen LogP contribution in [0.1, 0.15) is 0 Å². The van der Waals surface area contributed by atoms with Gasteiger partial charge in [-0.15, -0.1) is 0 Å². The summed E-state index contributed by atoms with van der Waals surface area (Å²) in [6.07, 6.45) is 0. The van der Waals surface area contributed by atoms with E-state index >= 15 is 0 Å². The van der Waals surface area contributed by atoms with Gasteiger partial charge in [0.2, 0.25) is 0 Å². The lowest BCUT2D eigenvalue weighted by atomic mass is 10.3. The van der Waals surface area contributed by atoms with Gasteiger partial charge in [-0.1, -0.05) is 17.7 Å². The zero-order valence-corrected chi connectivity index (χ0v) is 5.39. The SMILES string of the molecule is Nc1cccc(O)c1Cl. The van der Waals surface area contributed by atoms with Crippen molar-refractivity contribution in [2.75, 3.05) is 5.73 Å². The average molecular weight is 144 g/mol. The molecule has 0 aliphatic heterocycles. The van der Waals surface area contributed by atoms with Gasteiger partial charge in [-0.3, -0.25) is 0 Å². The summed E-state index contributed by atoms with van der Waals surface area (Å²) in [6.45, 7) is 0. The summed E-state index contributed by atoms with van der Waals surface area (Å²) in [5.74, 6) is 0.0247. The molecule has 0 aromatic heterocycles. The number of phenols is 1. The third-order valence-electron chi connectivity index (χ3n) is 1.01. The van der Waals surface area contributed by atoms with Gasteiger partial charge in [0, 0.05) is 0 Å². The van der Waals surface area contributed by atoms with Gasteiger partial charge in [0.05, 0.1) is 5.69 Å². The number of rotatable bonds is 0. The smallest absolute Gasteiger partial charge is 0.136 e. The number of nitrogen functional groups attached to an aromatic ring is 1. The molecule has 2 nitrogen and oxygen atoms in total. The molecule has 1 aromatic rings. The van der Waals surface area contributed by atoms with Gasteiger partial charge in [0.25, 0.3) is 0 Å². The molecule has 0 aliphatic rings. The van der Waals surface area contributed by atoms with Crippen molar-refractivity contribution in [1.29, 1.82) is 0 Å². The maximum absolute atomic E-state index is 8.89. The Labute approximate surface area is 57.9 Å². The third kappa shape index (κ3) is 1.08. The molecule has 0 unspecified atom stereocenters. The van der Waals surface area contributed by atoms with Crippen LogP contribution in [0.2, 0.25) is 5.02 Å². The zero-order valence-electron chi connectivity index (χ0n) is 4.63. The van der Waals surface area contributed by atoms with Crippen molar-refractivity contribution in [2.45, 2.75) is 0 Å². The molecular formula is C6H6ClNO. The quantitative estimate of drug-likeness (QED) is 0.543. The molecule has 3 N–H and O–H groups in total. The summed E-state index contributed by atoms with van der Waals surface area (Å²) in [4.78, 5) is 0. The molecule has 9 heavy (non-hydrogen) atoms. The minimum absolute atomic E-state index is 0.0247. The lowest BCUT2D eigenvalue weighted by Gasteiger charge is -1.97. The Balaban J connectivity index is 3.25. The molecule has 3 heteroatoms. The van der Waals surface area contributed by atoms with E-state index < -0.39 is 0 Å². The van der Waals surface area contributed by atoms with Crippen LogP contribution in [0, 0.1) is 0 Å². The van der Waals surface area contributed by atoms with Crippen LogP contribution in [-0.2, 0) is 0 Å². The minimum atomic E-state index is 0.0247. The molecule has 48 valence electrons. The van der Waals surface area contributed by atoms with E-state index in [1.165, 1.54) is 6.07 Å². The first kappa shape index (κ1) is 6.23. The fourth-order valence-electron chi connectivity index (χ4n) is 0.537. The molecule has 0 saturated heterocycles. The van der Waals surface area contributed by atoms with Gasteiger partial charge in [-0.05, 0) is 12.1 Å². The molecule has 0 atom stereocenters. The molecule has 0 saturated carbocycles. The highest BCUT2D eigenvalue weighted by atomic mass is 35.5. The molecule has 0 heterocycles. The maximum atomic E-state index is 8.89. The Morgan fingerprint density at radius 2 is 2.11 bits per heavy atom. The van der Waals surface area contributed by atoms with Crippen molar-refractivity contribution < 1.29 is 5.11 Å². The largest absolute Gasteiger partial charge is 0.506 e. The number of hydrogen-bond donors (Lipinski definition) is 2. The van der Waals surface area contributed by atoms with E-state index in [1.807, 2.05) is 0 Å². The van der Waals surface area contributed by atoms with Gasteiger partial charge >= 0.3 is 0 Å². The predicted molar refractivity (Wildman–Crippen MR) is 37.5 cm³/mol. The van der Waals surface area contributed by atoms with Crippen LogP contribution >= 0.6 is 11.6 Å². The van der Waals surface area contributed by atoms with E-state index in [9.17, 15) is 0 Å². The van der Waals surface area contributed by atoms with Crippen molar-refractivity contribution in [3.8, 4) is 5.75 Å². The van der Waals surface area contributed by atoms with Crippen LogP contribution < -0.4 is 5.73 Å². The normalized spacial score (nSPS) is 9.44. The Morgan fingerprint density at radius 1 is 1.44 bits per heavy atom. The standard InChI is InChI=1S/C6H6ClNO/c7-6-4(8)2-1-3-5(6)9/h1-3,9H,8H2. The molecule has 0 aliphatic carbocycles. The summed E-state index contributed by atoms with van der Waals surface area (Å²) in [5, 5.41) is 9.11. The highest BCUT2D eigenvalue weighted by Crippen LogP contribution is 2.27. The Kier molecular flexibility index (Phi) is 1.49. The predicted octanol–water partition coefficient (Wildman–Crippen LogP) is 1.63. The number of benzene rings is 1. The molecule has 0 amide bonds. The highest BCUT2D eigenvalue weighted by molar-refractivity contribution is 6.34. The monoisotopic (exact) mass is 143 g/mol. The summed E-state index contributed by atoms with van der Waals surface area (Å²) in [7, 11) is 0. The van der Waals surface area contributed by atoms with Gasteiger partial charge in [-0.25, -0.2) is 0 Å². The van der Waals surface area contributed by atoms with E-state index in [-0.39, 0.29) is 10.8 Å². The first-order chi connectivity index (χ1) is 4.22. The van der Waals surface area contributed by atoms with Crippen LogP contribution in [0.5, 0.6) is 5.75 Å². The molecule has 0 spiro atoms. The molecule has 0 bridgehead atoms. The second-order valence-corrected chi connectivity index (χ2v) is 2.06. The van der Waals surface area contributed by atoms with E-state index in [0.717, 1.165) is 0 Å². The number of aromatic hydroxyl groups is 1. The van der Waals surface area contributed by atoms with Crippen LogP contribution in [0.15, 0.2) is 18.2 Å². The lowest BCUT2D eigenvalue weighted by Crippen LogP contribution is -1.84. The van der Waals surface area contributed by atoms with Crippen molar-refractivity contribution in [2.24, 2.45) is 0 Å². The van der Waals surface area contributed by atoms with Crippen molar-refractivity contribution in [3.63, 3.8) is 0 Å². The van der Waals surface area contributed by atoms with E-state index in [2.05, 4.69) is 0 Å². The van der Waals surface area contributed by atoms with Gasteiger partial charge in [-0.2, -0.15) is 0 Å². The fourth-order valence-corrected chi connectivity index (χ4v) is 0.663. The molecule has 0 fully saturated rings. The van der Waals surface area contributed by atoms with E-state index in [1.54, 1.807) is 12.1 Å². The summed E-state index contributed by atoms with van der Waals surface area (Å²) < 4.78 is 0. The lowest BCUT2D eigenvalue weighted by molar-refractivity contribution is 0.476.